The number of hydrogen-bond donors (Lipinski definition) is 1. The molecule has 114 valence electrons. The fourth-order valence-electron chi connectivity index (χ4n) is 1.50. The van der Waals surface area contributed by atoms with Crippen molar-refractivity contribution in [1.29, 1.82) is 5.26 Å². The van der Waals surface area contributed by atoms with Gasteiger partial charge in [-0.05, 0) is 20.3 Å². The minimum absolute atomic E-state index is 0.230. The van der Waals surface area contributed by atoms with E-state index in [0.29, 0.717) is 12.2 Å². The summed E-state index contributed by atoms with van der Waals surface area (Å²) in [6, 6.07) is 4.97. The SMILES string of the molecule is CCC(Oc1cc(Cl)c(Cl)c(Cl)c1)C(=O)NC(C)(C)C#N. The van der Waals surface area contributed by atoms with Crippen LogP contribution in [0, 0.1) is 11.3 Å². The number of nitrogens with zero attached hydrogens (tertiary/aromatic N) is 1. The van der Waals surface area contributed by atoms with Crippen molar-refractivity contribution in [2.24, 2.45) is 0 Å². The number of carbonyl (C=O) groups is 1. The van der Waals surface area contributed by atoms with E-state index in [1.165, 1.54) is 12.1 Å². The van der Waals surface area contributed by atoms with Gasteiger partial charge in [0.15, 0.2) is 6.10 Å². The Balaban J connectivity index is 2.88. The Hall–Kier alpha value is -1.15. The molecule has 1 N–H and O–H groups in total. The first-order valence-electron chi connectivity index (χ1n) is 6.24. The van der Waals surface area contributed by atoms with Gasteiger partial charge in [0.1, 0.15) is 11.3 Å². The smallest absolute Gasteiger partial charge is 0.262 e. The molecule has 0 radical (unpaired) electrons. The van der Waals surface area contributed by atoms with Crippen molar-refractivity contribution in [3.63, 3.8) is 0 Å². The normalized spacial score (nSPS) is 12.4. The molecule has 0 aliphatic rings. The number of benzene rings is 1. The number of rotatable bonds is 5. The quantitative estimate of drug-likeness (QED) is 0.809. The van der Waals surface area contributed by atoms with Gasteiger partial charge in [-0.15, -0.1) is 0 Å². The molecule has 0 saturated heterocycles. The highest BCUT2D eigenvalue weighted by Gasteiger charge is 2.26. The summed E-state index contributed by atoms with van der Waals surface area (Å²) in [5, 5.41) is 12.3. The Bertz CT molecular complexity index is 559. The zero-order valence-electron chi connectivity index (χ0n) is 11.8. The molecule has 0 aliphatic heterocycles. The predicted molar refractivity (Wildman–Crippen MR) is 84.0 cm³/mol. The lowest BCUT2D eigenvalue weighted by atomic mass is 10.1. The lowest BCUT2D eigenvalue weighted by molar-refractivity contribution is -0.129. The summed E-state index contributed by atoms with van der Waals surface area (Å²) in [6.07, 6.45) is -0.337. The zero-order chi connectivity index (χ0) is 16.2. The van der Waals surface area contributed by atoms with Crippen molar-refractivity contribution in [3.8, 4) is 11.8 Å². The minimum atomic E-state index is -0.969. The molecule has 0 saturated carbocycles. The van der Waals surface area contributed by atoms with Crippen molar-refractivity contribution < 1.29 is 9.53 Å². The molecule has 0 bridgehead atoms. The fraction of sp³-hybridized carbons (Fsp3) is 0.429. The predicted octanol–water partition coefficient (Wildman–Crippen LogP) is 4.22. The Kier molecular flexibility index (Phi) is 6.15. The molecule has 1 amide bonds. The average molecular weight is 350 g/mol. The van der Waals surface area contributed by atoms with E-state index in [1.807, 2.05) is 6.07 Å². The molecule has 0 heterocycles. The number of nitrogens with one attached hydrogen (secondary N) is 1. The Morgan fingerprint density at radius 1 is 1.38 bits per heavy atom. The molecule has 21 heavy (non-hydrogen) atoms. The van der Waals surface area contributed by atoms with Crippen LogP contribution in [0.1, 0.15) is 27.2 Å². The van der Waals surface area contributed by atoms with Gasteiger partial charge in [0, 0.05) is 12.1 Å². The molecule has 4 nitrogen and oxygen atoms in total. The van der Waals surface area contributed by atoms with Crippen molar-refractivity contribution in [3.05, 3.63) is 27.2 Å². The second-order valence-electron chi connectivity index (χ2n) is 4.94. The molecule has 1 aromatic carbocycles. The van der Waals surface area contributed by atoms with Gasteiger partial charge in [-0.3, -0.25) is 4.79 Å². The number of hydrogen-bond acceptors (Lipinski definition) is 3. The summed E-state index contributed by atoms with van der Waals surface area (Å²) in [6.45, 7) is 5.00. The molecule has 7 heteroatoms. The zero-order valence-corrected chi connectivity index (χ0v) is 14.1. The third-order valence-electron chi connectivity index (χ3n) is 2.61. The molecule has 0 spiro atoms. The van der Waals surface area contributed by atoms with Gasteiger partial charge in [-0.2, -0.15) is 5.26 Å². The molecule has 0 fully saturated rings. The molecule has 0 aromatic heterocycles. The maximum absolute atomic E-state index is 12.1. The van der Waals surface area contributed by atoms with Gasteiger partial charge < -0.3 is 10.1 Å². The molecule has 1 unspecified atom stereocenters. The highest BCUT2D eigenvalue weighted by molar-refractivity contribution is 6.48. The molecular formula is C14H15Cl3N2O2. The van der Waals surface area contributed by atoms with Gasteiger partial charge in [0.25, 0.3) is 5.91 Å². The van der Waals surface area contributed by atoms with Crippen LogP contribution in [0.3, 0.4) is 0 Å². The highest BCUT2D eigenvalue weighted by atomic mass is 35.5. The minimum Gasteiger partial charge on any atom is -0.481 e. The van der Waals surface area contributed by atoms with E-state index < -0.39 is 11.6 Å². The van der Waals surface area contributed by atoms with E-state index in [9.17, 15) is 4.79 Å². The van der Waals surface area contributed by atoms with Crippen molar-refractivity contribution in [1.82, 2.24) is 5.32 Å². The third-order valence-corrected chi connectivity index (χ3v) is 3.81. The standard InChI is InChI=1S/C14H15Cl3N2O2/c1-4-11(13(20)19-14(2,3)7-18)21-8-5-9(15)12(17)10(16)6-8/h5-6,11H,4H2,1-3H3,(H,19,20). The van der Waals surface area contributed by atoms with Gasteiger partial charge in [0.2, 0.25) is 0 Å². The molecule has 1 aromatic rings. The Morgan fingerprint density at radius 3 is 2.33 bits per heavy atom. The third kappa shape index (κ3) is 4.96. The summed E-state index contributed by atoms with van der Waals surface area (Å²) in [7, 11) is 0. The molecule has 0 aliphatic carbocycles. The summed E-state index contributed by atoms with van der Waals surface area (Å²) in [5.74, 6) is -0.0441. The molecule has 1 atom stereocenters. The van der Waals surface area contributed by atoms with E-state index in [4.69, 9.17) is 44.8 Å². The first-order chi connectivity index (χ1) is 9.70. The second kappa shape index (κ2) is 7.22. The summed E-state index contributed by atoms with van der Waals surface area (Å²) in [4.78, 5) is 12.1. The number of nitriles is 1. The van der Waals surface area contributed by atoms with Gasteiger partial charge in [-0.1, -0.05) is 41.7 Å². The number of carbonyl (C=O) groups excluding carboxylic acids is 1. The highest BCUT2D eigenvalue weighted by Crippen LogP contribution is 2.34. The van der Waals surface area contributed by atoms with Gasteiger partial charge in [-0.25, -0.2) is 0 Å². The molecule has 1 rings (SSSR count). The van der Waals surface area contributed by atoms with E-state index in [2.05, 4.69) is 5.32 Å². The Morgan fingerprint density at radius 2 is 1.90 bits per heavy atom. The topological polar surface area (TPSA) is 62.1 Å². The van der Waals surface area contributed by atoms with E-state index >= 15 is 0 Å². The Labute approximate surface area is 138 Å². The summed E-state index contributed by atoms with van der Waals surface area (Å²) >= 11 is 17.7. The van der Waals surface area contributed by atoms with Crippen LogP contribution in [0.4, 0.5) is 0 Å². The number of amides is 1. The van der Waals surface area contributed by atoms with Crippen LogP contribution < -0.4 is 10.1 Å². The lowest BCUT2D eigenvalue weighted by Crippen LogP contribution is -2.48. The van der Waals surface area contributed by atoms with E-state index in [0.717, 1.165) is 0 Å². The fourth-order valence-corrected chi connectivity index (χ4v) is 2.08. The number of ether oxygens (including phenoxy) is 1. The van der Waals surface area contributed by atoms with Crippen LogP contribution in [0.5, 0.6) is 5.75 Å². The van der Waals surface area contributed by atoms with E-state index in [1.54, 1.807) is 20.8 Å². The van der Waals surface area contributed by atoms with Crippen LogP contribution in [0.2, 0.25) is 15.1 Å². The lowest BCUT2D eigenvalue weighted by Gasteiger charge is -2.23. The van der Waals surface area contributed by atoms with Crippen LogP contribution in [-0.2, 0) is 4.79 Å². The maximum atomic E-state index is 12.1. The van der Waals surface area contributed by atoms with Gasteiger partial charge in [0.05, 0.1) is 21.1 Å². The second-order valence-corrected chi connectivity index (χ2v) is 6.13. The first kappa shape index (κ1) is 17.9. The van der Waals surface area contributed by atoms with Crippen molar-refractivity contribution >= 4 is 40.7 Å². The van der Waals surface area contributed by atoms with Crippen LogP contribution >= 0.6 is 34.8 Å². The summed E-state index contributed by atoms with van der Waals surface area (Å²) in [5.41, 5.74) is -0.969. The summed E-state index contributed by atoms with van der Waals surface area (Å²) < 4.78 is 5.58. The van der Waals surface area contributed by atoms with E-state index in [-0.39, 0.29) is 21.0 Å². The maximum Gasteiger partial charge on any atom is 0.262 e. The first-order valence-corrected chi connectivity index (χ1v) is 7.38. The number of halogens is 3. The monoisotopic (exact) mass is 348 g/mol. The van der Waals surface area contributed by atoms with Crippen LogP contribution in [-0.4, -0.2) is 17.6 Å². The van der Waals surface area contributed by atoms with Gasteiger partial charge >= 0.3 is 0 Å². The van der Waals surface area contributed by atoms with Crippen LogP contribution in [0.15, 0.2) is 12.1 Å². The van der Waals surface area contributed by atoms with Crippen molar-refractivity contribution in [2.45, 2.75) is 38.8 Å². The largest absolute Gasteiger partial charge is 0.481 e. The average Bonchev–Trinajstić information content (AvgIpc) is 2.41. The van der Waals surface area contributed by atoms with Crippen LogP contribution in [0.25, 0.3) is 0 Å². The van der Waals surface area contributed by atoms with Crippen molar-refractivity contribution in [2.75, 3.05) is 0 Å². The molecular weight excluding hydrogens is 335 g/mol.